The molecular formula is C58H50. The van der Waals surface area contributed by atoms with Crippen molar-refractivity contribution in [2.24, 2.45) is 5.41 Å². The number of benzene rings is 8. The topological polar surface area (TPSA) is 0 Å². The fraction of sp³-hybridized carbons (Fsp3) is 0.276. The molecule has 0 aliphatic heterocycles. The maximum absolute atomic E-state index is 2.63. The van der Waals surface area contributed by atoms with Crippen molar-refractivity contribution in [3.05, 3.63) is 141 Å². The molecule has 0 aromatic heterocycles. The van der Waals surface area contributed by atoms with Crippen molar-refractivity contribution in [2.45, 2.75) is 98.3 Å². The van der Waals surface area contributed by atoms with Gasteiger partial charge in [0.15, 0.2) is 0 Å². The van der Waals surface area contributed by atoms with Crippen LogP contribution in [0.15, 0.2) is 96.6 Å². The lowest BCUT2D eigenvalue weighted by Gasteiger charge is -2.44. The Labute approximate surface area is 342 Å². The highest BCUT2D eigenvalue weighted by Gasteiger charge is 2.45. The SMILES string of the molecule is CC(C)(C)C1=Cc2cc3c4c(ccc5c4c2C(=CC5)C1)-c1cc2c(cc1-3)C(C)(C)c1cc3c(cc1C2(C)C)-c1cc2cc(C(C)(C)C)cc4ccc5ccc-3c1c5c42. The molecule has 0 heteroatoms. The van der Waals surface area contributed by atoms with E-state index >= 15 is 0 Å². The Bertz CT molecular complexity index is 3370. The highest BCUT2D eigenvalue weighted by molar-refractivity contribution is 6.32. The molecule has 0 bridgehead atoms. The predicted molar refractivity (Wildman–Crippen MR) is 250 cm³/mol. The van der Waals surface area contributed by atoms with E-state index in [0.717, 1.165) is 12.8 Å². The maximum Gasteiger partial charge on any atom is 0.0153 e. The number of fused-ring (bicyclic) bond motifs is 8. The second-order valence-corrected chi connectivity index (χ2v) is 21.7. The first-order valence-electron chi connectivity index (χ1n) is 21.7. The zero-order valence-electron chi connectivity index (χ0n) is 35.7. The molecule has 0 heterocycles. The van der Waals surface area contributed by atoms with Gasteiger partial charge in [-0.15, -0.1) is 0 Å². The highest BCUT2D eigenvalue weighted by Crippen LogP contribution is 2.61. The molecule has 0 spiro atoms. The first kappa shape index (κ1) is 33.5. The fourth-order valence-electron chi connectivity index (χ4n) is 12.4. The van der Waals surface area contributed by atoms with Gasteiger partial charge >= 0.3 is 0 Å². The van der Waals surface area contributed by atoms with Gasteiger partial charge in [-0.1, -0.05) is 135 Å². The van der Waals surface area contributed by atoms with Crippen LogP contribution in [-0.2, 0) is 22.7 Å². The Hall–Kier alpha value is -5.46. The first-order valence-corrected chi connectivity index (χ1v) is 21.7. The third-order valence-electron chi connectivity index (χ3n) is 15.7. The normalized spacial score (nSPS) is 17.5. The van der Waals surface area contributed by atoms with Crippen molar-refractivity contribution in [2.75, 3.05) is 0 Å². The Morgan fingerprint density at radius 1 is 0.448 bits per heavy atom. The van der Waals surface area contributed by atoms with Crippen LogP contribution in [0.25, 0.3) is 99.2 Å². The van der Waals surface area contributed by atoms with Crippen LogP contribution in [0, 0.1) is 5.41 Å². The summed E-state index contributed by atoms with van der Waals surface area (Å²) in [7, 11) is 0. The van der Waals surface area contributed by atoms with E-state index in [1.54, 1.807) is 5.57 Å². The predicted octanol–water partition coefficient (Wildman–Crippen LogP) is 16.1. The maximum atomic E-state index is 2.63. The van der Waals surface area contributed by atoms with Crippen molar-refractivity contribution in [1.29, 1.82) is 0 Å². The van der Waals surface area contributed by atoms with Crippen molar-refractivity contribution in [3.8, 4) is 44.5 Å². The molecule has 5 aliphatic rings. The van der Waals surface area contributed by atoms with E-state index in [9.17, 15) is 0 Å². The van der Waals surface area contributed by atoms with Crippen LogP contribution < -0.4 is 0 Å². The molecule has 0 atom stereocenters. The van der Waals surface area contributed by atoms with Crippen LogP contribution in [0.2, 0.25) is 0 Å². The van der Waals surface area contributed by atoms with E-state index in [4.69, 9.17) is 0 Å². The quantitative estimate of drug-likeness (QED) is 0.136. The molecule has 0 nitrogen and oxygen atoms in total. The lowest BCUT2D eigenvalue weighted by molar-refractivity contribution is 0.498. The zero-order valence-corrected chi connectivity index (χ0v) is 35.7. The van der Waals surface area contributed by atoms with Gasteiger partial charge in [0.1, 0.15) is 0 Å². The van der Waals surface area contributed by atoms with E-state index < -0.39 is 0 Å². The molecule has 0 radical (unpaired) electrons. The average Bonchev–Trinajstić information content (AvgIpc) is 3.67. The smallest absolute Gasteiger partial charge is 0.0153 e. The van der Waals surface area contributed by atoms with Crippen LogP contribution >= 0.6 is 0 Å². The Morgan fingerprint density at radius 3 is 1.60 bits per heavy atom. The van der Waals surface area contributed by atoms with Gasteiger partial charge in [0.2, 0.25) is 0 Å². The Morgan fingerprint density at radius 2 is 0.983 bits per heavy atom. The molecule has 0 amide bonds. The summed E-state index contributed by atoms with van der Waals surface area (Å²) < 4.78 is 0. The molecule has 0 unspecified atom stereocenters. The molecule has 8 aromatic rings. The minimum Gasteiger partial charge on any atom is -0.0759 e. The van der Waals surface area contributed by atoms with Crippen molar-refractivity contribution in [3.63, 3.8) is 0 Å². The molecule has 58 heavy (non-hydrogen) atoms. The number of hydrogen-bond acceptors (Lipinski definition) is 0. The van der Waals surface area contributed by atoms with Gasteiger partial charge in [0.05, 0.1) is 0 Å². The number of rotatable bonds is 0. The second kappa shape index (κ2) is 10.0. The van der Waals surface area contributed by atoms with Gasteiger partial charge in [0, 0.05) is 10.8 Å². The lowest BCUT2D eigenvalue weighted by atomic mass is 9.59. The average molecular weight is 747 g/mol. The summed E-state index contributed by atoms with van der Waals surface area (Å²) in [6, 6.07) is 34.9. The van der Waals surface area contributed by atoms with Crippen LogP contribution in [0.1, 0.15) is 120 Å². The Balaban J connectivity index is 1.04. The van der Waals surface area contributed by atoms with Crippen LogP contribution in [0.3, 0.4) is 0 Å². The highest BCUT2D eigenvalue weighted by atomic mass is 14.5. The van der Waals surface area contributed by atoms with Gasteiger partial charge < -0.3 is 0 Å². The van der Waals surface area contributed by atoms with E-state index in [1.165, 1.54) is 138 Å². The van der Waals surface area contributed by atoms with Crippen LogP contribution in [0.4, 0.5) is 0 Å². The zero-order chi connectivity index (χ0) is 39.7. The first-order chi connectivity index (χ1) is 27.5. The van der Waals surface area contributed by atoms with Gasteiger partial charge in [-0.25, -0.2) is 0 Å². The van der Waals surface area contributed by atoms with E-state index in [2.05, 4.69) is 166 Å². The number of hydrogen-bond donors (Lipinski definition) is 0. The minimum absolute atomic E-state index is 0.0764. The summed E-state index contributed by atoms with van der Waals surface area (Å²) in [6.45, 7) is 24.1. The largest absolute Gasteiger partial charge is 0.0759 e. The van der Waals surface area contributed by atoms with E-state index in [1.807, 2.05) is 0 Å². The minimum atomic E-state index is -0.181. The summed E-state index contributed by atoms with van der Waals surface area (Å²) in [4.78, 5) is 0. The standard InChI is InChI=1S/C58H50/c1-55(2,3)35-19-31-13-11-29-15-17-37-39-25-45-47(27-41(39)43-23-33(21-35)49(31)51(29)53(37)43)57(7,8)46-26-40-38-18-16-30-12-14-32-20-36(56(4,5)6)22-34-24-44(54(38)52(30)50(32)34)42(40)28-48(46)58(45,9)10/h11,13-19,21-28H,12,20H2,1-10H3. The van der Waals surface area contributed by atoms with Crippen LogP contribution in [0.5, 0.6) is 0 Å². The van der Waals surface area contributed by atoms with Crippen molar-refractivity contribution >= 4 is 54.7 Å². The summed E-state index contributed by atoms with van der Waals surface area (Å²) in [5.41, 5.74) is 25.9. The molecule has 13 rings (SSSR count). The molecular weight excluding hydrogens is 697 g/mol. The third kappa shape index (κ3) is 3.89. The van der Waals surface area contributed by atoms with Crippen molar-refractivity contribution in [1.82, 2.24) is 0 Å². The molecule has 5 aliphatic carbocycles. The molecule has 0 N–H and O–H groups in total. The molecule has 282 valence electrons. The van der Waals surface area contributed by atoms with Gasteiger partial charge in [0.25, 0.3) is 0 Å². The van der Waals surface area contributed by atoms with Gasteiger partial charge in [-0.3, -0.25) is 0 Å². The summed E-state index contributed by atoms with van der Waals surface area (Å²) in [6.07, 6.45) is 7.15. The third-order valence-corrected chi connectivity index (χ3v) is 15.7. The lowest BCUT2D eigenvalue weighted by Crippen LogP contribution is -2.36. The number of allylic oxidation sites excluding steroid dienone is 3. The summed E-state index contributed by atoms with van der Waals surface area (Å²) in [5, 5.41) is 11.3. The molecule has 8 aromatic carbocycles. The van der Waals surface area contributed by atoms with Gasteiger partial charge in [-0.2, -0.15) is 0 Å². The second-order valence-electron chi connectivity index (χ2n) is 21.7. The monoisotopic (exact) mass is 746 g/mol. The molecule has 0 saturated carbocycles. The summed E-state index contributed by atoms with van der Waals surface area (Å²) in [5.74, 6) is 0. The Kier molecular flexibility index (Phi) is 5.80. The van der Waals surface area contributed by atoms with E-state index in [0.29, 0.717) is 0 Å². The van der Waals surface area contributed by atoms with Crippen molar-refractivity contribution < 1.29 is 0 Å². The molecule has 0 fully saturated rings. The van der Waals surface area contributed by atoms with Gasteiger partial charge in [-0.05, 0) is 198 Å². The van der Waals surface area contributed by atoms with E-state index in [-0.39, 0.29) is 21.7 Å². The fourth-order valence-corrected chi connectivity index (χ4v) is 12.4. The van der Waals surface area contributed by atoms with Crippen LogP contribution in [-0.4, -0.2) is 0 Å². The summed E-state index contributed by atoms with van der Waals surface area (Å²) >= 11 is 0. The molecule has 0 saturated heterocycles.